The first-order valence-electron chi connectivity index (χ1n) is 10.4. The van der Waals surface area contributed by atoms with E-state index in [-0.39, 0.29) is 29.4 Å². The van der Waals surface area contributed by atoms with Gasteiger partial charge < -0.3 is 19.9 Å². The maximum Gasteiger partial charge on any atom is 0.193 e. The summed E-state index contributed by atoms with van der Waals surface area (Å²) < 4.78 is 6.13. The van der Waals surface area contributed by atoms with Gasteiger partial charge >= 0.3 is 0 Å². The van der Waals surface area contributed by atoms with Crippen molar-refractivity contribution in [1.29, 1.82) is 0 Å². The lowest BCUT2D eigenvalue weighted by Crippen LogP contribution is -2.54. The number of hydrogen-bond donors (Lipinski definition) is 1. The van der Waals surface area contributed by atoms with Crippen LogP contribution in [-0.4, -0.2) is 63.3 Å². The molecule has 3 rings (SSSR count). The largest absolute Gasteiger partial charge is 0.377 e. The monoisotopic (exact) mass is 500 g/mol. The van der Waals surface area contributed by atoms with Crippen LogP contribution in [0.2, 0.25) is 0 Å². The van der Waals surface area contributed by atoms with Crippen LogP contribution in [0, 0.1) is 11.3 Å². The summed E-state index contributed by atoms with van der Waals surface area (Å²) in [6, 6.07) is 10.7. The van der Waals surface area contributed by atoms with Crippen molar-refractivity contribution in [1.82, 2.24) is 10.2 Å². The zero-order valence-corrected chi connectivity index (χ0v) is 20.2. The Bertz CT molecular complexity index is 609. The summed E-state index contributed by atoms with van der Waals surface area (Å²) in [7, 11) is 1.89. The van der Waals surface area contributed by atoms with Crippen molar-refractivity contribution in [3.63, 3.8) is 0 Å². The Kier molecular flexibility index (Phi) is 8.86. The van der Waals surface area contributed by atoms with Crippen LogP contribution >= 0.6 is 24.0 Å². The molecule has 158 valence electrons. The predicted molar refractivity (Wildman–Crippen MR) is 129 cm³/mol. The third-order valence-electron chi connectivity index (χ3n) is 5.73. The van der Waals surface area contributed by atoms with Crippen molar-refractivity contribution in [2.45, 2.75) is 39.7 Å². The van der Waals surface area contributed by atoms with Crippen LogP contribution in [0.3, 0.4) is 0 Å². The number of hydrogen-bond acceptors (Lipinski definition) is 3. The van der Waals surface area contributed by atoms with E-state index in [9.17, 15) is 0 Å². The molecule has 5 nitrogen and oxygen atoms in total. The average Bonchev–Trinajstić information content (AvgIpc) is 2.69. The maximum absolute atomic E-state index is 6.13. The maximum atomic E-state index is 6.13. The zero-order chi connectivity index (χ0) is 19.3. The topological polar surface area (TPSA) is 40.1 Å². The van der Waals surface area contributed by atoms with Gasteiger partial charge in [-0.2, -0.15) is 0 Å². The van der Waals surface area contributed by atoms with E-state index in [1.165, 1.54) is 12.1 Å². The molecule has 2 heterocycles. The Balaban J connectivity index is 0.00000280. The van der Waals surface area contributed by atoms with E-state index in [1.54, 1.807) is 0 Å². The summed E-state index contributed by atoms with van der Waals surface area (Å²) >= 11 is 0. The van der Waals surface area contributed by atoms with E-state index in [0.717, 1.165) is 51.7 Å². The lowest BCUT2D eigenvalue weighted by atomic mass is 9.78. The first-order chi connectivity index (χ1) is 13.0. The fourth-order valence-electron chi connectivity index (χ4n) is 4.38. The molecule has 1 aromatic rings. The van der Waals surface area contributed by atoms with Crippen LogP contribution in [0.5, 0.6) is 0 Å². The van der Waals surface area contributed by atoms with Crippen LogP contribution in [-0.2, 0) is 4.74 Å². The van der Waals surface area contributed by atoms with Gasteiger partial charge in [-0.05, 0) is 30.4 Å². The van der Waals surface area contributed by atoms with E-state index in [1.807, 2.05) is 7.05 Å². The lowest BCUT2D eigenvalue weighted by Gasteiger charge is -2.41. The molecule has 0 aromatic heterocycles. The van der Waals surface area contributed by atoms with E-state index >= 15 is 0 Å². The molecule has 0 bridgehead atoms. The van der Waals surface area contributed by atoms with E-state index in [2.05, 4.69) is 71.2 Å². The number of ether oxygens (including phenoxy) is 1. The number of nitrogens with zero attached hydrogens (tertiary/aromatic N) is 3. The van der Waals surface area contributed by atoms with Gasteiger partial charge in [0.15, 0.2) is 5.96 Å². The molecule has 0 aliphatic carbocycles. The number of piperazine rings is 1. The molecule has 0 radical (unpaired) electrons. The van der Waals surface area contributed by atoms with Crippen LogP contribution in [0.25, 0.3) is 0 Å². The molecular weight excluding hydrogens is 463 g/mol. The van der Waals surface area contributed by atoms with Crippen molar-refractivity contribution in [2.24, 2.45) is 16.3 Å². The van der Waals surface area contributed by atoms with Gasteiger partial charge in [0.25, 0.3) is 0 Å². The number of para-hydroxylation sites is 1. The Hall–Kier alpha value is -1.02. The highest BCUT2D eigenvalue weighted by Gasteiger charge is 2.35. The third kappa shape index (κ3) is 5.99. The highest BCUT2D eigenvalue weighted by molar-refractivity contribution is 14.0. The number of halogens is 1. The second-order valence-electron chi connectivity index (χ2n) is 8.80. The summed E-state index contributed by atoms with van der Waals surface area (Å²) in [6.45, 7) is 12.7. The van der Waals surface area contributed by atoms with Gasteiger partial charge in [0, 0.05) is 58.0 Å². The summed E-state index contributed by atoms with van der Waals surface area (Å²) in [5, 5.41) is 3.64. The predicted octanol–water partition coefficient (Wildman–Crippen LogP) is 3.84. The van der Waals surface area contributed by atoms with Gasteiger partial charge in [-0.25, -0.2) is 0 Å². The van der Waals surface area contributed by atoms with Crippen molar-refractivity contribution >= 4 is 35.6 Å². The van der Waals surface area contributed by atoms with Gasteiger partial charge in [-0.3, -0.25) is 4.99 Å². The molecule has 2 saturated heterocycles. The van der Waals surface area contributed by atoms with Crippen molar-refractivity contribution in [3.8, 4) is 0 Å². The Morgan fingerprint density at radius 3 is 2.43 bits per heavy atom. The van der Waals surface area contributed by atoms with Crippen LogP contribution in [0.15, 0.2) is 35.3 Å². The van der Waals surface area contributed by atoms with E-state index in [4.69, 9.17) is 4.74 Å². The van der Waals surface area contributed by atoms with Gasteiger partial charge in [0.1, 0.15) is 0 Å². The fourth-order valence-corrected chi connectivity index (χ4v) is 4.38. The number of benzene rings is 1. The highest BCUT2D eigenvalue weighted by atomic mass is 127. The summed E-state index contributed by atoms with van der Waals surface area (Å²) in [4.78, 5) is 9.39. The summed E-state index contributed by atoms with van der Waals surface area (Å²) in [6.07, 6.45) is 2.70. The number of guanidine groups is 1. The molecule has 1 aromatic carbocycles. The fraction of sp³-hybridized carbons (Fsp3) is 0.682. The summed E-state index contributed by atoms with van der Waals surface area (Å²) in [5.74, 6) is 1.57. The molecule has 0 amide bonds. The minimum absolute atomic E-state index is 0. The molecule has 2 aliphatic rings. The SMILES string of the molecule is CN=C(NCC1CCCOC1C(C)(C)C)N1CCN(c2ccccc2)CC1.I. The number of rotatable bonds is 3. The van der Waals surface area contributed by atoms with E-state index in [0.29, 0.717) is 12.0 Å². The van der Waals surface area contributed by atoms with Gasteiger partial charge in [-0.15, -0.1) is 24.0 Å². The van der Waals surface area contributed by atoms with Crippen LogP contribution in [0.4, 0.5) is 5.69 Å². The summed E-state index contributed by atoms with van der Waals surface area (Å²) in [5.41, 5.74) is 1.49. The van der Waals surface area contributed by atoms with Gasteiger partial charge in [0.2, 0.25) is 0 Å². The quantitative estimate of drug-likeness (QED) is 0.389. The van der Waals surface area contributed by atoms with Crippen molar-refractivity contribution in [2.75, 3.05) is 51.3 Å². The van der Waals surface area contributed by atoms with Gasteiger partial charge in [0.05, 0.1) is 6.10 Å². The van der Waals surface area contributed by atoms with Crippen molar-refractivity contribution < 1.29 is 4.74 Å². The molecule has 28 heavy (non-hydrogen) atoms. The minimum Gasteiger partial charge on any atom is -0.377 e. The first kappa shape index (κ1) is 23.3. The van der Waals surface area contributed by atoms with Crippen LogP contribution in [0.1, 0.15) is 33.6 Å². The Morgan fingerprint density at radius 2 is 1.82 bits per heavy atom. The van der Waals surface area contributed by atoms with Crippen LogP contribution < -0.4 is 10.2 Å². The molecule has 1 N–H and O–H groups in total. The third-order valence-corrected chi connectivity index (χ3v) is 5.73. The Labute approximate surface area is 187 Å². The number of nitrogens with one attached hydrogen (secondary N) is 1. The molecule has 2 atom stereocenters. The average molecular weight is 500 g/mol. The molecular formula is C22H37IN4O. The molecule has 2 fully saturated rings. The van der Waals surface area contributed by atoms with Gasteiger partial charge in [-0.1, -0.05) is 39.0 Å². The van der Waals surface area contributed by atoms with Crippen molar-refractivity contribution in [3.05, 3.63) is 30.3 Å². The minimum atomic E-state index is 0. The zero-order valence-electron chi connectivity index (χ0n) is 17.9. The lowest BCUT2D eigenvalue weighted by molar-refractivity contribution is -0.0836. The molecule has 2 aliphatic heterocycles. The molecule has 6 heteroatoms. The normalized spacial score (nSPS) is 23.9. The molecule has 0 saturated carbocycles. The smallest absolute Gasteiger partial charge is 0.193 e. The molecule has 0 spiro atoms. The standard InChI is InChI=1S/C22H36N4O.HI/c1-22(2,3)20-18(9-8-16-27-20)17-24-21(23-4)26-14-12-25(13-15-26)19-10-6-5-7-11-19;/h5-7,10-11,18,20H,8-9,12-17H2,1-4H3,(H,23,24);1H. The second kappa shape index (κ2) is 10.7. The number of anilines is 1. The first-order valence-corrected chi connectivity index (χ1v) is 10.4. The second-order valence-corrected chi connectivity index (χ2v) is 8.80. The van der Waals surface area contributed by atoms with E-state index < -0.39 is 0 Å². The highest BCUT2D eigenvalue weighted by Crippen LogP contribution is 2.33. The number of aliphatic imine (C=N–C) groups is 1. The Morgan fingerprint density at radius 1 is 1.14 bits per heavy atom. The molecule has 2 unspecified atom stereocenters.